The molecule has 8 nitrogen and oxygen atoms in total. The molecular weight excluding hydrogens is 483 g/mol. The molecule has 1 amide bonds. The van der Waals surface area contributed by atoms with Gasteiger partial charge < -0.3 is 15.0 Å². The standard InChI is InChI=1S/C26H35FN4O4S/c27-23-7-9-24(10-8-23)29-16-18-31(19-17-29)36(34,35)20-25(28-33)22-12-14-30(15-13-22)26(32)11-6-21-4-2-1-3-5-21/h1-5,7-10,22,25,28,33H,6,11-20H2. The van der Waals surface area contributed by atoms with Crippen LogP contribution in [-0.2, 0) is 21.2 Å². The fourth-order valence-corrected chi connectivity index (χ4v) is 6.82. The number of piperazine rings is 1. The summed E-state index contributed by atoms with van der Waals surface area (Å²) < 4.78 is 40.9. The first-order chi connectivity index (χ1) is 17.4. The Bertz CT molecular complexity index is 1080. The number of hydrogen-bond donors (Lipinski definition) is 2. The Kier molecular flexibility index (Phi) is 8.95. The lowest BCUT2D eigenvalue weighted by Gasteiger charge is -2.38. The summed E-state index contributed by atoms with van der Waals surface area (Å²) in [5.74, 6) is -0.419. The maximum atomic E-state index is 13.2. The van der Waals surface area contributed by atoms with E-state index in [1.54, 1.807) is 12.1 Å². The predicted octanol–water partition coefficient (Wildman–Crippen LogP) is 2.50. The van der Waals surface area contributed by atoms with Gasteiger partial charge in [-0.25, -0.2) is 18.3 Å². The van der Waals surface area contributed by atoms with Crippen LogP contribution in [0, 0.1) is 11.7 Å². The van der Waals surface area contributed by atoms with Crippen LogP contribution in [0.5, 0.6) is 0 Å². The van der Waals surface area contributed by atoms with E-state index in [1.165, 1.54) is 16.4 Å². The number of carbonyl (C=O) groups excluding carboxylic acids is 1. The number of benzene rings is 2. The highest BCUT2D eigenvalue weighted by atomic mass is 32.2. The number of likely N-dealkylation sites (tertiary alicyclic amines) is 1. The number of rotatable bonds is 9. The number of aryl methyl sites for hydroxylation is 1. The Balaban J connectivity index is 1.24. The van der Waals surface area contributed by atoms with Crippen molar-refractivity contribution in [2.75, 3.05) is 49.9 Å². The summed E-state index contributed by atoms with van der Waals surface area (Å²) in [5, 5.41) is 9.79. The van der Waals surface area contributed by atoms with Gasteiger partial charge in [0, 0.05) is 51.4 Å². The summed E-state index contributed by atoms with van der Waals surface area (Å²) in [6.45, 7) is 2.84. The molecule has 0 aromatic heterocycles. The van der Waals surface area contributed by atoms with E-state index in [-0.39, 0.29) is 23.4 Å². The summed E-state index contributed by atoms with van der Waals surface area (Å²) in [6, 6.07) is 15.5. The van der Waals surface area contributed by atoms with Crippen molar-refractivity contribution in [3.8, 4) is 0 Å². The number of nitrogens with zero attached hydrogens (tertiary/aromatic N) is 3. The van der Waals surface area contributed by atoms with Gasteiger partial charge in [-0.05, 0) is 55.0 Å². The third kappa shape index (κ3) is 6.82. The van der Waals surface area contributed by atoms with Gasteiger partial charge in [0.2, 0.25) is 15.9 Å². The van der Waals surface area contributed by atoms with E-state index in [9.17, 15) is 22.8 Å². The van der Waals surface area contributed by atoms with Crippen LogP contribution in [0.25, 0.3) is 0 Å². The van der Waals surface area contributed by atoms with Crippen molar-refractivity contribution in [3.63, 3.8) is 0 Å². The highest BCUT2D eigenvalue weighted by Gasteiger charge is 2.34. The van der Waals surface area contributed by atoms with Crippen LogP contribution in [-0.4, -0.2) is 79.8 Å². The first kappa shape index (κ1) is 26.5. The zero-order valence-corrected chi connectivity index (χ0v) is 21.2. The lowest BCUT2D eigenvalue weighted by molar-refractivity contribution is -0.132. The van der Waals surface area contributed by atoms with Gasteiger partial charge in [0.15, 0.2) is 0 Å². The molecule has 0 spiro atoms. The number of amides is 1. The molecule has 2 heterocycles. The van der Waals surface area contributed by atoms with Gasteiger partial charge in [-0.15, -0.1) is 0 Å². The number of sulfonamides is 1. The molecule has 0 bridgehead atoms. The molecule has 196 valence electrons. The van der Waals surface area contributed by atoms with Crippen molar-refractivity contribution in [2.24, 2.45) is 5.92 Å². The van der Waals surface area contributed by atoms with Crippen molar-refractivity contribution >= 4 is 21.6 Å². The highest BCUT2D eigenvalue weighted by molar-refractivity contribution is 7.89. The van der Waals surface area contributed by atoms with Crippen molar-refractivity contribution in [2.45, 2.75) is 31.7 Å². The average Bonchev–Trinajstić information content (AvgIpc) is 2.91. The molecule has 2 aliphatic rings. The molecule has 2 aromatic carbocycles. The fraction of sp³-hybridized carbons (Fsp3) is 0.500. The van der Waals surface area contributed by atoms with Gasteiger partial charge in [-0.3, -0.25) is 4.79 Å². The third-order valence-corrected chi connectivity index (χ3v) is 9.24. The molecule has 36 heavy (non-hydrogen) atoms. The Hall–Kier alpha value is -2.53. The van der Waals surface area contributed by atoms with E-state index in [1.807, 2.05) is 40.1 Å². The van der Waals surface area contributed by atoms with E-state index < -0.39 is 16.1 Å². The molecule has 2 saturated heterocycles. The van der Waals surface area contributed by atoms with Crippen LogP contribution >= 0.6 is 0 Å². The van der Waals surface area contributed by atoms with Crippen LogP contribution in [0.2, 0.25) is 0 Å². The number of carbonyl (C=O) groups is 1. The van der Waals surface area contributed by atoms with Gasteiger partial charge >= 0.3 is 0 Å². The number of hydroxylamine groups is 1. The maximum absolute atomic E-state index is 13.2. The molecule has 2 aliphatic heterocycles. The molecule has 1 atom stereocenters. The van der Waals surface area contributed by atoms with Crippen molar-refractivity contribution in [3.05, 3.63) is 66.0 Å². The van der Waals surface area contributed by atoms with E-state index in [4.69, 9.17) is 0 Å². The minimum atomic E-state index is -3.58. The van der Waals surface area contributed by atoms with Gasteiger partial charge in [0.1, 0.15) is 5.82 Å². The smallest absolute Gasteiger partial charge is 0.222 e. The molecule has 4 rings (SSSR count). The SMILES string of the molecule is O=C(CCc1ccccc1)N1CCC(C(CS(=O)(=O)N2CCN(c3ccc(F)cc3)CC2)NO)CC1. The van der Waals surface area contributed by atoms with Crippen molar-refractivity contribution in [1.82, 2.24) is 14.7 Å². The highest BCUT2D eigenvalue weighted by Crippen LogP contribution is 2.24. The Morgan fingerprint density at radius 3 is 2.22 bits per heavy atom. The molecule has 2 fully saturated rings. The molecule has 0 radical (unpaired) electrons. The maximum Gasteiger partial charge on any atom is 0.222 e. The van der Waals surface area contributed by atoms with Gasteiger partial charge in [-0.2, -0.15) is 4.31 Å². The van der Waals surface area contributed by atoms with Crippen molar-refractivity contribution < 1.29 is 22.8 Å². The Morgan fingerprint density at radius 1 is 0.972 bits per heavy atom. The third-order valence-electron chi connectivity index (χ3n) is 7.31. The summed E-state index contributed by atoms with van der Waals surface area (Å²) in [7, 11) is -3.58. The van der Waals surface area contributed by atoms with Gasteiger partial charge in [0.25, 0.3) is 0 Å². The lowest BCUT2D eigenvalue weighted by atomic mass is 9.90. The van der Waals surface area contributed by atoms with E-state index in [0.717, 1.165) is 11.3 Å². The first-order valence-electron chi connectivity index (χ1n) is 12.6. The van der Waals surface area contributed by atoms with Crippen LogP contribution in [0.3, 0.4) is 0 Å². The molecular formula is C26H35FN4O4S. The normalized spacial score (nSPS) is 18.8. The lowest BCUT2D eigenvalue weighted by Crippen LogP contribution is -2.53. The van der Waals surface area contributed by atoms with Gasteiger partial charge in [0.05, 0.1) is 11.8 Å². The first-order valence-corrected chi connectivity index (χ1v) is 14.2. The van der Waals surface area contributed by atoms with Crippen LogP contribution in [0.15, 0.2) is 54.6 Å². The molecule has 0 aliphatic carbocycles. The van der Waals surface area contributed by atoms with Crippen molar-refractivity contribution in [1.29, 1.82) is 0 Å². The minimum absolute atomic E-state index is 0.0385. The number of halogens is 1. The summed E-state index contributed by atoms with van der Waals surface area (Å²) in [6.07, 6.45) is 2.44. The second-order valence-electron chi connectivity index (χ2n) is 9.58. The molecule has 1 unspecified atom stereocenters. The van der Waals surface area contributed by atoms with Gasteiger partial charge in [-0.1, -0.05) is 30.3 Å². The Morgan fingerprint density at radius 2 is 1.61 bits per heavy atom. The molecule has 2 aromatic rings. The zero-order valence-electron chi connectivity index (χ0n) is 20.4. The minimum Gasteiger partial charge on any atom is -0.369 e. The number of piperidine rings is 1. The number of anilines is 1. The van der Waals surface area contributed by atoms with Crippen LogP contribution in [0.4, 0.5) is 10.1 Å². The van der Waals surface area contributed by atoms with E-state index in [2.05, 4.69) is 5.48 Å². The second kappa shape index (κ2) is 12.1. The summed E-state index contributed by atoms with van der Waals surface area (Å²) >= 11 is 0. The Labute approximate surface area is 212 Å². The molecule has 0 saturated carbocycles. The number of hydrogen-bond acceptors (Lipinski definition) is 6. The van der Waals surface area contributed by atoms with Crippen LogP contribution in [0.1, 0.15) is 24.8 Å². The average molecular weight is 519 g/mol. The number of nitrogens with one attached hydrogen (secondary N) is 1. The van der Waals surface area contributed by atoms with Crippen LogP contribution < -0.4 is 10.4 Å². The fourth-order valence-electron chi connectivity index (χ4n) is 5.09. The zero-order chi connectivity index (χ0) is 25.5. The molecule has 10 heteroatoms. The summed E-state index contributed by atoms with van der Waals surface area (Å²) in [4.78, 5) is 16.5. The summed E-state index contributed by atoms with van der Waals surface area (Å²) in [5.41, 5.74) is 4.24. The van der Waals surface area contributed by atoms with E-state index in [0.29, 0.717) is 65.0 Å². The largest absolute Gasteiger partial charge is 0.369 e. The topological polar surface area (TPSA) is 93.2 Å². The predicted molar refractivity (Wildman–Crippen MR) is 137 cm³/mol. The monoisotopic (exact) mass is 518 g/mol. The second-order valence-corrected chi connectivity index (χ2v) is 11.6. The van der Waals surface area contributed by atoms with E-state index >= 15 is 0 Å². The quantitative estimate of drug-likeness (QED) is 0.496. The molecule has 2 N–H and O–H groups in total.